The van der Waals surface area contributed by atoms with E-state index in [0.29, 0.717) is 5.69 Å². The molecule has 122 valence electrons. The Morgan fingerprint density at radius 1 is 1.38 bits per heavy atom. The van der Waals surface area contributed by atoms with E-state index in [1.807, 2.05) is 0 Å². The van der Waals surface area contributed by atoms with Gasteiger partial charge in [0.1, 0.15) is 11.4 Å². The maximum Gasteiger partial charge on any atom is 0.341 e. The van der Waals surface area contributed by atoms with Crippen LogP contribution in [-0.2, 0) is 4.74 Å². The summed E-state index contributed by atoms with van der Waals surface area (Å²) in [5.74, 6) is -0.706. The number of hydrogen-bond donors (Lipinski definition) is 1. The Balaban J connectivity index is 2.33. The van der Waals surface area contributed by atoms with Crippen molar-refractivity contribution in [2.75, 3.05) is 12.3 Å². The number of ether oxygens (including phenoxy) is 1. The molecule has 0 fully saturated rings. The molecule has 0 saturated heterocycles. The zero-order valence-corrected chi connectivity index (χ0v) is 13.3. The van der Waals surface area contributed by atoms with Crippen LogP contribution in [0.4, 0.5) is 5.82 Å². The molecule has 0 saturated carbocycles. The molecule has 7 heteroatoms. The Hall–Kier alpha value is -3.22. The molecule has 3 rings (SSSR count). The number of carbonyl (C=O) groups excluding carboxylic acids is 1. The molecule has 0 bridgehead atoms. The molecule has 0 aliphatic rings. The van der Waals surface area contributed by atoms with Crippen LogP contribution < -0.4 is 11.2 Å². The number of hydrogen-bond acceptors (Lipinski definition) is 7. The van der Waals surface area contributed by atoms with E-state index in [-0.39, 0.29) is 40.2 Å². The van der Waals surface area contributed by atoms with Gasteiger partial charge < -0.3 is 14.9 Å². The van der Waals surface area contributed by atoms with Crippen molar-refractivity contribution < 1.29 is 13.9 Å². The Morgan fingerprint density at radius 3 is 2.79 bits per heavy atom. The molecule has 0 radical (unpaired) electrons. The molecule has 0 aliphatic carbocycles. The minimum absolute atomic E-state index is 0.0204. The molecule has 2 N–H and O–H groups in total. The lowest BCUT2D eigenvalue weighted by molar-refractivity contribution is 0.0527. The number of nitrogen functional groups attached to an aromatic ring is 1. The Kier molecular flexibility index (Phi) is 3.76. The SMILES string of the molecule is C=C(C)c1ccc2oc3nc(N)c(C(=O)OCC)cc3c(=O)c2n1. The quantitative estimate of drug-likeness (QED) is 0.582. The molecule has 0 aliphatic heterocycles. The lowest BCUT2D eigenvalue weighted by atomic mass is 10.1. The Bertz CT molecular complexity index is 1050. The fourth-order valence-corrected chi connectivity index (χ4v) is 2.28. The second-order valence-electron chi connectivity index (χ2n) is 5.25. The third-order valence-electron chi connectivity index (χ3n) is 3.47. The number of nitrogens with two attached hydrogens (primary N) is 1. The fourth-order valence-electron chi connectivity index (χ4n) is 2.28. The van der Waals surface area contributed by atoms with Crippen molar-refractivity contribution in [2.45, 2.75) is 13.8 Å². The Labute approximate surface area is 136 Å². The summed E-state index contributed by atoms with van der Waals surface area (Å²) in [6.45, 7) is 7.46. The zero-order chi connectivity index (χ0) is 17.4. The van der Waals surface area contributed by atoms with Crippen LogP contribution in [0.1, 0.15) is 29.9 Å². The minimum Gasteiger partial charge on any atom is -0.462 e. The summed E-state index contributed by atoms with van der Waals surface area (Å²) < 4.78 is 10.5. The normalized spacial score (nSPS) is 10.9. The van der Waals surface area contributed by atoms with Crippen molar-refractivity contribution in [1.82, 2.24) is 9.97 Å². The third kappa shape index (κ3) is 2.50. The van der Waals surface area contributed by atoms with Crippen LogP contribution in [0.3, 0.4) is 0 Å². The second kappa shape index (κ2) is 5.77. The topological polar surface area (TPSA) is 108 Å². The summed E-state index contributed by atoms with van der Waals surface area (Å²) in [6.07, 6.45) is 0. The van der Waals surface area contributed by atoms with Gasteiger partial charge in [-0.15, -0.1) is 0 Å². The average molecular weight is 325 g/mol. The van der Waals surface area contributed by atoms with Gasteiger partial charge in [0.25, 0.3) is 0 Å². The Morgan fingerprint density at radius 2 is 2.12 bits per heavy atom. The first-order valence-electron chi connectivity index (χ1n) is 7.29. The molecule has 3 aromatic rings. The summed E-state index contributed by atoms with van der Waals surface area (Å²) in [5, 5.41) is 0.117. The highest BCUT2D eigenvalue weighted by Gasteiger charge is 2.18. The average Bonchev–Trinajstić information content (AvgIpc) is 2.54. The van der Waals surface area contributed by atoms with Gasteiger partial charge in [0.15, 0.2) is 11.1 Å². The molecule has 24 heavy (non-hydrogen) atoms. The van der Waals surface area contributed by atoms with Crippen LogP contribution in [0.25, 0.3) is 27.8 Å². The van der Waals surface area contributed by atoms with Crippen molar-refractivity contribution in [3.8, 4) is 0 Å². The van der Waals surface area contributed by atoms with E-state index < -0.39 is 11.4 Å². The number of anilines is 1. The predicted molar refractivity (Wildman–Crippen MR) is 90.7 cm³/mol. The minimum atomic E-state index is -0.646. The molecule has 0 spiro atoms. The number of allylic oxidation sites excluding steroid dienone is 1. The van der Waals surface area contributed by atoms with Crippen molar-refractivity contribution in [3.63, 3.8) is 0 Å². The number of pyridine rings is 2. The highest BCUT2D eigenvalue weighted by molar-refractivity contribution is 5.99. The summed E-state index contributed by atoms with van der Waals surface area (Å²) >= 11 is 0. The summed E-state index contributed by atoms with van der Waals surface area (Å²) in [6, 6.07) is 4.66. The van der Waals surface area contributed by atoms with Gasteiger partial charge in [0, 0.05) is 0 Å². The summed E-state index contributed by atoms with van der Waals surface area (Å²) in [4.78, 5) is 32.9. The molecule has 0 amide bonds. The van der Waals surface area contributed by atoms with Crippen LogP contribution in [0, 0.1) is 0 Å². The van der Waals surface area contributed by atoms with Gasteiger partial charge in [-0.2, -0.15) is 4.98 Å². The lowest BCUT2D eigenvalue weighted by Gasteiger charge is -2.07. The monoisotopic (exact) mass is 325 g/mol. The summed E-state index contributed by atoms with van der Waals surface area (Å²) in [5.41, 5.74) is 7.18. The predicted octanol–water partition coefficient (Wildman–Crippen LogP) is 2.53. The van der Waals surface area contributed by atoms with Crippen LogP contribution in [-0.4, -0.2) is 22.5 Å². The lowest BCUT2D eigenvalue weighted by Crippen LogP contribution is -2.12. The maximum atomic E-state index is 12.7. The number of aromatic nitrogens is 2. The van der Waals surface area contributed by atoms with E-state index in [2.05, 4.69) is 16.5 Å². The summed E-state index contributed by atoms with van der Waals surface area (Å²) in [7, 11) is 0. The zero-order valence-electron chi connectivity index (χ0n) is 13.3. The third-order valence-corrected chi connectivity index (χ3v) is 3.47. The molecule has 0 aromatic carbocycles. The largest absolute Gasteiger partial charge is 0.462 e. The van der Waals surface area contributed by atoms with Gasteiger partial charge in [0.2, 0.25) is 11.1 Å². The molecule has 0 unspecified atom stereocenters. The van der Waals surface area contributed by atoms with Crippen molar-refractivity contribution in [3.05, 3.63) is 46.3 Å². The van der Waals surface area contributed by atoms with Crippen molar-refractivity contribution in [2.24, 2.45) is 0 Å². The van der Waals surface area contributed by atoms with Gasteiger partial charge >= 0.3 is 5.97 Å². The van der Waals surface area contributed by atoms with Gasteiger partial charge in [-0.25, -0.2) is 9.78 Å². The van der Waals surface area contributed by atoms with Gasteiger partial charge in [0.05, 0.1) is 17.7 Å². The van der Waals surface area contributed by atoms with Crippen molar-refractivity contribution in [1.29, 1.82) is 0 Å². The van der Waals surface area contributed by atoms with E-state index in [1.54, 1.807) is 26.0 Å². The number of nitrogens with zero attached hydrogens (tertiary/aromatic N) is 2. The van der Waals surface area contributed by atoms with Crippen LogP contribution in [0.15, 0.2) is 34.0 Å². The van der Waals surface area contributed by atoms with E-state index in [9.17, 15) is 9.59 Å². The molecular formula is C17H15N3O4. The number of carbonyl (C=O) groups is 1. The van der Waals surface area contributed by atoms with E-state index in [0.717, 1.165) is 5.57 Å². The molecule has 0 atom stereocenters. The molecule has 3 heterocycles. The van der Waals surface area contributed by atoms with E-state index in [1.165, 1.54) is 6.07 Å². The maximum absolute atomic E-state index is 12.7. The number of fused-ring (bicyclic) bond motifs is 2. The number of rotatable bonds is 3. The smallest absolute Gasteiger partial charge is 0.341 e. The fraction of sp³-hybridized carbons (Fsp3) is 0.176. The highest BCUT2D eigenvalue weighted by atomic mass is 16.5. The first kappa shape index (κ1) is 15.7. The highest BCUT2D eigenvalue weighted by Crippen LogP contribution is 2.22. The van der Waals surface area contributed by atoms with Crippen molar-refractivity contribution >= 4 is 39.6 Å². The van der Waals surface area contributed by atoms with Gasteiger partial charge in [-0.3, -0.25) is 4.79 Å². The first-order chi connectivity index (χ1) is 11.4. The first-order valence-corrected chi connectivity index (χ1v) is 7.29. The van der Waals surface area contributed by atoms with Crippen LogP contribution in [0.5, 0.6) is 0 Å². The second-order valence-corrected chi connectivity index (χ2v) is 5.25. The van der Waals surface area contributed by atoms with E-state index >= 15 is 0 Å². The standard InChI is InChI=1S/C17H15N3O4/c1-4-23-17(22)10-7-9-14(21)13-12(24-16(9)20-15(10)18)6-5-11(19-13)8(2)3/h5-7H,2,4H2,1,3H3,(H2,18,20). The number of esters is 1. The van der Waals surface area contributed by atoms with Crippen LogP contribution in [0.2, 0.25) is 0 Å². The van der Waals surface area contributed by atoms with Crippen LogP contribution >= 0.6 is 0 Å². The molecule has 7 nitrogen and oxygen atoms in total. The molecule has 3 aromatic heterocycles. The van der Waals surface area contributed by atoms with Gasteiger partial charge in [-0.1, -0.05) is 6.58 Å². The van der Waals surface area contributed by atoms with Gasteiger partial charge in [-0.05, 0) is 37.6 Å². The molecular weight excluding hydrogens is 310 g/mol. The van der Waals surface area contributed by atoms with E-state index in [4.69, 9.17) is 14.9 Å².